The van der Waals surface area contributed by atoms with Gasteiger partial charge in [0.05, 0.1) is 5.69 Å². The van der Waals surface area contributed by atoms with Crippen molar-refractivity contribution in [3.63, 3.8) is 0 Å². The second-order valence-electron chi connectivity index (χ2n) is 3.37. The standard InChI is InChI=1S/C11H12BrNO4/c1-7-3-2-4-8(11(7)12)13-9(14)5-17-6-10(15)16/h2-4H,5-6H2,1H3,(H,13,14)(H,15,16). The van der Waals surface area contributed by atoms with Gasteiger partial charge in [0.15, 0.2) is 0 Å². The van der Waals surface area contributed by atoms with E-state index in [-0.39, 0.29) is 6.61 Å². The molecule has 0 fully saturated rings. The Balaban J connectivity index is 2.51. The number of carboxylic acid groups (broad SMARTS) is 1. The number of rotatable bonds is 5. The Bertz CT molecular complexity index is 433. The number of aliphatic carboxylic acids is 1. The lowest BCUT2D eigenvalue weighted by Gasteiger charge is -2.08. The summed E-state index contributed by atoms with van der Waals surface area (Å²) in [4.78, 5) is 21.6. The quantitative estimate of drug-likeness (QED) is 0.869. The zero-order valence-electron chi connectivity index (χ0n) is 9.20. The monoisotopic (exact) mass is 301 g/mol. The van der Waals surface area contributed by atoms with Crippen LogP contribution in [0.25, 0.3) is 0 Å². The topological polar surface area (TPSA) is 75.6 Å². The first-order chi connectivity index (χ1) is 8.00. The van der Waals surface area contributed by atoms with E-state index in [0.717, 1.165) is 10.0 Å². The largest absolute Gasteiger partial charge is 0.480 e. The summed E-state index contributed by atoms with van der Waals surface area (Å²) in [5.74, 6) is -1.49. The minimum Gasteiger partial charge on any atom is -0.480 e. The lowest BCUT2D eigenvalue weighted by Crippen LogP contribution is -2.20. The molecule has 17 heavy (non-hydrogen) atoms. The molecule has 0 spiro atoms. The van der Waals surface area contributed by atoms with E-state index in [0.29, 0.717) is 5.69 Å². The first-order valence-corrected chi connectivity index (χ1v) is 5.64. The third-order valence-electron chi connectivity index (χ3n) is 1.92. The van der Waals surface area contributed by atoms with Crippen molar-refractivity contribution in [3.8, 4) is 0 Å². The fourth-order valence-corrected chi connectivity index (χ4v) is 1.52. The van der Waals surface area contributed by atoms with Crippen LogP contribution in [0, 0.1) is 6.92 Å². The van der Waals surface area contributed by atoms with E-state index in [4.69, 9.17) is 5.11 Å². The Morgan fingerprint density at radius 1 is 1.41 bits per heavy atom. The Kier molecular flexibility index (Phi) is 5.11. The van der Waals surface area contributed by atoms with Crippen LogP contribution in [0.15, 0.2) is 22.7 Å². The molecule has 0 atom stereocenters. The van der Waals surface area contributed by atoms with Gasteiger partial charge in [0.1, 0.15) is 13.2 Å². The summed E-state index contributed by atoms with van der Waals surface area (Å²) < 4.78 is 5.47. The number of amides is 1. The van der Waals surface area contributed by atoms with E-state index in [1.54, 1.807) is 6.07 Å². The van der Waals surface area contributed by atoms with Gasteiger partial charge in [0.25, 0.3) is 0 Å². The summed E-state index contributed by atoms with van der Waals surface area (Å²) in [6.45, 7) is 1.13. The van der Waals surface area contributed by atoms with Gasteiger partial charge in [-0.25, -0.2) is 4.79 Å². The molecule has 1 aromatic carbocycles. The summed E-state index contributed by atoms with van der Waals surface area (Å²) in [6.07, 6.45) is 0. The van der Waals surface area contributed by atoms with Gasteiger partial charge in [-0.2, -0.15) is 0 Å². The van der Waals surface area contributed by atoms with E-state index in [9.17, 15) is 9.59 Å². The second kappa shape index (κ2) is 6.36. The van der Waals surface area contributed by atoms with Crippen molar-refractivity contribution < 1.29 is 19.4 Å². The Morgan fingerprint density at radius 3 is 2.76 bits per heavy atom. The third-order valence-corrected chi connectivity index (χ3v) is 2.98. The van der Waals surface area contributed by atoms with Crippen molar-refractivity contribution in [2.24, 2.45) is 0 Å². The zero-order valence-corrected chi connectivity index (χ0v) is 10.8. The van der Waals surface area contributed by atoms with E-state index in [1.807, 2.05) is 19.1 Å². The molecular weight excluding hydrogens is 290 g/mol. The maximum absolute atomic E-state index is 11.4. The lowest BCUT2D eigenvalue weighted by atomic mass is 10.2. The number of nitrogens with one attached hydrogen (secondary N) is 1. The lowest BCUT2D eigenvalue weighted by molar-refractivity contribution is -0.143. The number of anilines is 1. The van der Waals surface area contributed by atoms with Crippen molar-refractivity contribution in [2.45, 2.75) is 6.92 Å². The molecule has 0 aromatic heterocycles. The average Bonchev–Trinajstić information content (AvgIpc) is 2.24. The number of carbonyl (C=O) groups excluding carboxylic acids is 1. The maximum Gasteiger partial charge on any atom is 0.329 e. The highest BCUT2D eigenvalue weighted by Crippen LogP contribution is 2.25. The molecule has 1 rings (SSSR count). The molecule has 1 aromatic rings. The van der Waals surface area contributed by atoms with E-state index in [2.05, 4.69) is 26.0 Å². The van der Waals surface area contributed by atoms with Crippen molar-refractivity contribution in [3.05, 3.63) is 28.2 Å². The molecular formula is C11H12BrNO4. The maximum atomic E-state index is 11.4. The number of hydrogen-bond donors (Lipinski definition) is 2. The van der Waals surface area contributed by atoms with Crippen LogP contribution in [0.3, 0.4) is 0 Å². The molecule has 2 N–H and O–H groups in total. The fraction of sp³-hybridized carbons (Fsp3) is 0.273. The molecule has 0 unspecified atom stereocenters. The smallest absolute Gasteiger partial charge is 0.329 e. The zero-order chi connectivity index (χ0) is 12.8. The predicted molar refractivity (Wildman–Crippen MR) is 66.0 cm³/mol. The molecule has 5 nitrogen and oxygen atoms in total. The Labute approximate surface area is 107 Å². The molecule has 0 saturated carbocycles. The van der Waals surface area contributed by atoms with Gasteiger partial charge >= 0.3 is 5.97 Å². The molecule has 0 saturated heterocycles. The number of ether oxygens (including phenoxy) is 1. The number of hydrogen-bond acceptors (Lipinski definition) is 3. The van der Waals surface area contributed by atoms with Gasteiger partial charge in [-0.05, 0) is 34.5 Å². The fourth-order valence-electron chi connectivity index (χ4n) is 1.16. The van der Waals surface area contributed by atoms with E-state index in [1.165, 1.54) is 0 Å². The normalized spacial score (nSPS) is 10.0. The van der Waals surface area contributed by atoms with Gasteiger partial charge in [-0.1, -0.05) is 12.1 Å². The summed E-state index contributed by atoms with van der Waals surface area (Å²) in [5, 5.41) is 11.0. The van der Waals surface area contributed by atoms with E-state index >= 15 is 0 Å². The molecule has 0 heterocycles. The van der Waals surface area contributed by atoms with Crippen molar-refractivity contribution in [1.82, 2.24) is 0 Å². The van der Waals surface area contributed by atoms with Crippen LogP contribution in [-0.4, -0.2) is 30.2 Å². The number of carbonyl (C=O) groups is 2. The number of aryl methyl sites for hydroxylation is 1. The molecule has 92 valence electrons. The first-order valence-electron chi connectivity index (χ1n) is 4.85. The third kappa shape index (κ3) is 4.54. The summed E-state index contributed by atoms with van der Waals surface area (Å²) >= 11 is 3.35. The summed E-state index contributed by atoms with van der Waals surface area (Å²) in [7, 11) is 0. The minimum atomic E-state index is -1.10. The van der Waals surface area contributed by atoms with Gasteiger partial charge in [-0.3, -0.25) is 4.79 Å². The van der Waals surface area contributed by atoms with Gasteiger partial charge in [0, 0.05) is 4.47 Å². The molecule has 0 aliphatic carbocycles. The van der Waals surface area contributed by atoms with Crippen LogP contribution in [-0.2, 0) is 14.3 Å². The van der Waals surface area contributed by atoms with E-state index < -0.39 is 18.5 Å². The Morgan fingerprint density at radius 2 is 2.12 bits per heavy atom. The van der Waals surface area contributed by atoms with Crippen LogP contribution < -0.4 is 5.32 Å². The highest BCUT2D eigenvalue weighted by Gasteiger charge is 2.07. The van der Waals surface area contributed by atoms with Crippen LogP contribution >= 0.6 is 15.9 Å². The summed E-state index contributed by atoms with van der Waals surface area (Å²) in [5.41, 5.74) is 1.63. The van der Waals surface area contributed by atoms with Crippen LogP contribution in [0.5, 0.6) is 0 Å². The number of benzene rings is 1. The van der Waals surface area contributed by atoms with Gasteiger partial charge in [-0.15, -0.1) is 0 Å². The highest BCUT2D eigenvalue weighted by atomic mass is 79.9. The van der Waals surface area contributed by atoms with Gasteiger partial charge < -0.3 is 15.2 Å². The van der Waals surface area contributed by atoms with Crippen LogP contribution in [0.1, 0.15) is 5.56 Å². The average molecular weight is 302 g/mol. The Hall–Kier alpha value is -1.40. The van der Waals surface area contributed by atoms with Crippen molar-refractivity contribution in [1.29, 1.82) is 0 Å². The molecule has 0 radical (unpaired) electrons. The van der Waals surface area contributed by atoms with Crippen LogP contribution in [0.4, 0.5) is 5.69 Å². The van der Waals surface area contributed by atoms with Crippen LogP contribution in [0.2, 0.25) is 0 Å². The predicted octanol–water partition coefficient (Wildman–Crippen LogP) is 1.80. The molecule has 0 aliphatic rings. The molecule has 0 bridgehead atoms. The summed E-state index contributed by atoms with van der Waals surface area (Å²) in [6, 6.07) is 5.46. The highest BCUT2D eigenvalue weighted by molar-refractivity contribution is 9.10. The van der Waals surface area contributed by atoms with Crippen molar-refractivity contribution in [2.75, 3.05) is 18.5 Å². The van der Waals surface area contributed by atoms with Gasteiger partial charge in [0.2, 0.25) is 5.91 Å². The number of halogens is 1. The van der Waals surface area contributed by atoms with Crippen molar-refractivity contribution >= 4 is 33.5 Å². The minimum absolute atomic E-state index is 0.285. The second-order valence-corrected chi connectivity index (χ2v) is 4.16. The first kappa shape index (κ1) is 13.7. The molecule has 1 amide bonds. The SMILES string of the molecule is Cc1cccc(NC(=O)COCC(=O)O)c1Br. The number of carboxylic acids is 1. The molecule has 6 heteroatoms. The molecule has 0 aliphatic heterocycles.